The van der Waals surface area contributed by atoms with Gasteiger partial charge in [-0.1, -0.05) is 30.3 Å². The number of hydrogen-bond donors (Lipinski definition) is 1. The van der Waals surface area contributed by atoms with Gasteiger partial charge in [-0.25, -0.2) is 9.59 Å². The van der Waals surface area contributed by atoms with E-state index in [1.54, 1.807) is 20.8 Å². The molecule has 1 aromatic carbocycles. The SMILES string of the molecule is CC1CCC(COCc2ccccc2)(C(=O)O)N1C(=O)OC(C)(C)C. The van der Waals surface area contributed by atoms with E-state index in [0.717, 1.165) is 5.56 Å². The molecule has 1 N–H and O–H groups in total. The van der Waals surface area contributed by atoms with Crippen LogP contribution in [0.25, 0.3) is 0 Å². The van der Waals surface area contributed by atoms with E-state index in [0.29, 0.717) is 19.4 Å². The Hall–Kier alpha value is -2.08. The van der Waals surface area contributed by atoms with Gasteiger partial charge in [0, 0.05) is 6.04 Å². The van der Waals surface area contributed by atoms with E-state index in [2.05, 4.69) is 0 Å². The second kappa shape index (κ2) is 7.44. The summed E-state index contributed by atoms with van der Waals surface area (Å²) in [6.45, 7) is 7.36. The van der Waals surface area contributed by atoms with E-state index in [9.17, 15) is 14.7 Å². The molecule has 138 valence electrons. The Morgan fingerprint density at radius 1 is 1.28 bits per heavy atom. The molecule has 0 aliphatic carbocycles. The van der Waals surface area contributed by atoms with Crippen LogP contribution >= 0.6 is 0 Å². The van der Waals surface area contributed by atoms with E-state index < -0.39 is 23.2 Å². The monoisotopic (exact) mass is 349 g/mol. The normalized spacial score (nSPS) is 23.5. The molecule has 1 aliphatic heterocycles. The largest absolute Gasteiger partial charge is 0.479 e. The Morgan fingerprint density at radius 3 is 2.48 bits per heavy atom. The number of nitrogens with zero attached hydrogens (tertiary/aromatic N) is 1. The average Bonchev–Trinajstić information content (AvgIpc) is 2.85. The molecular formula is C19H27NO5. The number of ether oxygens (including phenoxy) is 2. The fourth-order valence-electron chi connectivity index (χ4n) is 3.11. The highest BCUT2D eigenvalue weighted by molar-refractivity contribution is 5.85. The third kappa shape index (κ3) is 4.51. The van der Waals surface area contributed by atoms with E-state index in [4.69, 9.17) is 9.47 Å². The number of carboxylic acids is 1. The molecule has 0 saturated carbocycles. The molecule has 0 spiro atoms. The maximum Gasteiger partial charge on any atom is 0.411 e. The van der Waals surface area contributed by atoms with Crippen molar-refractivity contribution >= 4 is 12.1 Å². The van der Waals surface area contributed by atoms with Crippen molar-refractivity contribution in [1.82, 2.24) is 4.90 Å². The topological polar surface area (TPSA) is 76.1 Å². The lowest BCUT2D eigenvalue weighted by atomic mass is 9.97. The second-order valence-electron chi connectivity index (χ2n) is 7.55. The van der Waals surface area contributed by atoms with Gasteiger partial charge in [-0.15, -0.1) is 0 Å². The summed E-state index contributed by atoms with van der Waals surface area (Å²) in [7, 11) is 0. The summed E-state index contributed by atoms with van der Waals surface area (Å²) in [4.78, 5) is 26.0. The van der Waals surface area contributed by atoms with Gasteiger partial charge < -0.3 is 14.6 Å². The number of aliphatic carboxylic acids is 1. The van der Waals surface area contributed by atoms with Gasteiger partial charge in [0.1, 0.15) is 5.60 Å². The Balaban J connectivity index is 2.15. The summed E-state index contributed by atoms with van der Waals surface area (Å²) >= 11 is 0. The highest BCUT2D eigenvalue weighted by atomic mass is 16.6. The highest BCUT2D eigenvalue weighted by Crippen LogP contribution is 2.36. The molecule has 25 heavy (non-hydrogen) atoms. The minimum Gasteiger partial charge on any atom is -0.479 e. The Kier molecular flexibility index (Phi) is 5.72. The van der Waals surface area contributed by atoms with E-state index in [1.807, 2.05) is 37.3 Å². The number of carbonyl (C=O) groups excluding carboxylic acids is 1. The van der Waals surface area contributed by atoms with Crippen LogP contribution in [0, 0.1) is 0 Å². The molecule has 1 aromatic rings. The maximum absolute atomic E-state index is 12.6. The smallest absolute Gasteiger partial charge is 0.411 e. The van der Waals surface area contributed by atoms with Gasteiger partial charge in [-0.2, -0.15) is 0 Å². The third-order valence-electron chi connectivity index (χ3n) is 4.32. The molecular weight excluding hydrogens is 322 g/mol. The zero-order valence-electron chi connectivity index (χ0n) is 15.3. The van der Waals surface area contributed by atoms with Crippen molar-refractivity contribution in [2.75, 3.05) is 6.61 Å². The standard InChI is InChI=1S/C19H27NO5/c1-14-10-11-19(16(21)22,20(14)17(23)25-18(2,3)4)13-24-12-15-8-6-5-7-9-15/h5-9,14H,10-13H2,1-4H3,(H,21,22). The Labute approximate surface area is 148 Å². The van der Waals surface area contributed by atoms with Gasteiger partial charge >= 0.3 is 12.1 Å². The lowest BCUT2D eigenvalue weighted by Crippen LogP contribution is -2.58. The van der Waals surface area contributed by atoms with E-state index >= 15 is 0 Å². The number of amides is 1. The lowest BCUT2D eigenvalue weighted by molar-refractivity contribution is -0.154. The van der Waals surface area contributed by atoms with Crippen LogP contribution in [-0.4, -0.2) is 45.9 Å². The molecule has 1 fully saturated rings. The molecule has 1 aliphatic rings. The zero-order chi connectivity index (χ0) is 18.7. The first-order valence-electron chi connectivity index (χ1n) is 8.53. The summed E-state index contributed by atoms with van der Waals surface area (Å²) in [5.41, 5.74) is -1.12. The third-order valence-corrected chi connectivity index (χ3v) is 4.32. The van der Waals surface area contributed by atoms with Crippen LogP contribution in [0.3, 0.4) is 0 Å². The van der Waals surface area contributed by atoms with E-state index in [-0.39, 0.29) is 12.6 Å². The van der Waals surface area contributed by atoms with Crippen LogP contribution in [0.15, 0.2) is 30.3 Å². The molecule has 6 nitrogen and oxygen atoms in total. The second-order valence-corrected chi connectivity index (χ2v) is 7.55. The minimum absolute atomic E-state index is 0.0686. The molecule has 2 rings (SSSR count). The number of rotatable bonds is 5. The molecule has 1 saturated heterocycles. The fourth-order valence-corrected chi connectivity index (χ4v) is 3.11. The lowest BCUT2D eigenvalue weighted by Gasteiger charge is -2.37. The van der Waals surface area contributed by atoms with Crippen molar-refractivity contribution < 1.29 is 24.2 Å². The van der Waals surface area contributed by atoms with Crippen LogP contribution in [0.2, 0.25) is 0 Å². The Morgan fingerprint density at radius 2 is 1.92 bits per heavy atom. The summed E-state index contributed by atoms with van der Waals surface area (Å²) < 4.78 is 11.1. The molecule has 6 heteroatoms. The van der Waals surface area contributed by atoms with Crippen molar-refractivity contribution in [3.63, 3.8) is 0 Å². The maximum atomic E-state index is 12.6. The number of carbonyl (C=O) groups is 2. The number of hydrogen-bond acceptors (Lipinski definition) is 4. The van der Waals surface area contributed by atoms with Crippen LogP contribution in [0.1, 0.15) is 46.1 Å². The average molecular weight is 349 g/mol. The minimum atomic E-state index is -1.39. The quantitative estimate of drug-likeness (QED) is 0.881. The molecule has 0 radical (unpaired) electrons. The summed E-state index contributed by atoms with van der Waals surface area (Å²) in [5, 5.41) is 9.87. The van der Waals surface area contributed by atoms with Crippen molar-refractivity contribution in [2.24, 2.45) is 0 Å². The summed E-state index contributed by atoms with van der Waals surface area (Å²) in [5.74, 6) is -1.06. The predicted molar refractivity (Wildman–Crippen MR) is 93.2 cm³/mol. The van der Waals surface area contributed by atoms with Crippen LogP contribution < -0.4 is 0 Å². The molecule has 1 heterocycles. The Bertz CT molecular complexity index is 610. The van der Waals surface area contributed by atoms with Crippen molar-refractivity contribution in [2.45, 2.75) is 64.3 Å². The van der Waals surface area contributed by atoms with Crippen molar-refractivity contribution in [1.29, 1.82) is 0 Å². The van der Waals surface area contributed by atoms with Crippen LogP contribution in [0.4, 0.5) is 4.79 Å². The van der Waals surface area contributed by atoms with Gasteiger partial charge in [0.15, 0.2) is 5.54 Å². The van der Waals surface area contributed by atoms with Gasteiger partial charge in [0.2, 0.25) is 0 Å². The van der Waals surface area contributed by atoms with Gasteiger partial charge in [0.25, 0.3) is 0 Å². The summed E-state index contributed by atoms with van der Waals surface area (Å²) in [6.07, 6.45) is 0.334. The molecule has 1 amide bonds. The van der Waals surface area contributed by atoms with Gasteiger partial charge in [-0.3, -0.25) is 4.90 Å². The predicted octanol–water partition coefficient (Wildman–Crippen LogP) is 3.45. The first-order valence-corrected chi connectivity index (χ1v) is 8.53. The fraction of sp³-hybridized carbons (Fsp3) is 0.579. The van der Waals surface area contributed by atoms with Gasteiger partial charge in [-0.05, 0) is 46.1 Å². The molecule has 2 atom stereocenters. The molecule has 0 bridgehead atoms. The highest BCUT2D eigenvalue weighted by Gasteiger charge is 2.54. The van der Waals surface area contributed by atoms with Crippen LogP contribution in [0.5, 0.6) is 0 Å². The van der Waals surface area contributed by atoms with E-state index in [1.165, 1.54) is 4.90 Å². The first kappa shape index (κ1) is 19.2. The van der Waals surface area contributed by atoms with Crippen molar-refractivity contribution in [3.05, 3.63) is 35.9 Å². The first-order chi connectivity index (χ1) is 11.7. The van der Waals surface area contributed by atoms with Gasteiger partial charge in [0.05, 0.1) is 13.2 Å². The molecule has 0 aromatic heterocycles. The van der Waals surface area contributed by atoms with Crippen LogP contribution in [-0.2, 0) is 20.9 Å². The van der Waals surface area contributed by atoms with Crippen molar-refractivity contribution in [3.8, 4) is 0 Å². The number of likely N-dealkylation sites (tertiary alicyclic amines) is 1. The zero-order valence-corrected chi connectivity index (χ0v) is 15.3. The number of benzene rings is 1. The molecule has 2 unspecified atom stereocenters. The number of carboxylic acid groups (broad SMARTS) is 1. The summed E-state index contributed by atoms with van der Waals surface area (Å²) in [6, 6.07) is 9.32.